The van der Waals surface area contributed by atoms with Crippen LogP contribution in [0.5, 0.6) is 0 Å². The Labute approximate surface area is 74.0 Å². The quantitative estimate of drug-likeness (QED) is 0.590. The number of aliphatic hydroxyl groups excluding tert-OH is 1. The predicted molar refractivity (Wildman–Crippen MR) is 47.9 cm³/mol. The maximum absolute atomic E-state index is 9.94. The van der Waals surface area contributed by atoms with Crippen molar-refractivity contribution in [3.63, 3.8) is 0 Å². The first kappa shape index (κ1) is 9.96. The van der Waals surface area contributed by atoms with E-state index in [0.717, 1.165) is 19.5 Å². The van der Waals surface area contributed by atoms with Gasteiger partial charge in [-0.25, -0.2) is 0 Å². The fourth-order valence-electron chi connectivity index (χ4n) is 1.90. The lowest BCUT2D eigenvalue weighted by molar-refractivity contribution is -0.0944. The second-order valence-corrected chi connectivity index (χ2v) is 4.22. The number of hydrogen-bond donors (Lipinski definition) is 2. The van der Waals surface area contributed by atoms with Crippen molar-refractivity contribution in [2.45, 2.75) is 32.0 Å². The summed E-state index contributed by atoms with van der Waals surface area (Å²) in [5, 5.41) is 19.4. The molecule has 0 aromatic heterocycles. The molecule has 3 nitrogen and oxygen atoms in total. The second-order valence-electron chi connectivity index (χ2n) is 4.22. The van der Waals surface area contributed by atoms with Crippen LogP contribution in [-0.2, 0) is 0 Å². The van der Waals surface area contributed by atoms with Crippen LogP contribution in [0, 0.1) is 5.92 Å². The van der Waals surface area contributed by atoms with Gasteiger partial charge in [-0.3, -0.25) is 0 Å². The molecule has 0 amide bonds. The predicted octanol–water partition coefficient (Wildman–Crippen LogP) is 0.0699. The molecule has 72 valence electrons. The van der Waals surface area contributed by atoms with Crippen molar-refractivity contribution in [2.75, 3.05) is 20.1 Å². The normalized spacial score (nSPS) is 41.2. The molecule has 2 N–H and O–H groups in total. The zero-order valence-corrected chi connectivity index (χ0v) is 8.12. The molecule has 0 aromatic rings. The average Bonchev–Trinajstić information content (AvgIpc) is 1.94. The smallest absolute Gasteiger partial charge is 0.0696 e. The van der Waals surface area contributed by atoms with E-state index in [4.69, 9.17) is 0 Å². The molecule has 0 aliphatic carbocycles. The number of nitrogens with zero attached hydrogens (tertiary/aromatic N) is 1. The molecule has 3 atom stereocenters. The van der Waals surface area contributed by atoms with Crippen LogP contribution < -0.4 is 0 Å². The van der Waals surface area contributed by atoms with E-state index in [1.54, 1.807) is 6.92 Å². The van der Waals surface area contributed by atoms with Crippen molar-refractivity contribution < 1.29 is 10.2 Å². The summed E-state index contributed by atoms with van der Waals surface area (Å²) in [5.41, 5.74) is -0.694. The van der Waals surface area contributed by atoms with Gasteiger partial charge in [-0.05, 0) is 27.3 Å². The topological polar surface area (TPSA) is 43.7 Å². The lowest BCUT2D eigenvalue weighted by Gasteiger charge is -2.42. The van der Waals surface area contributed by atoms with Gasteiger partial charge in [0.15, 0.2) is 0 Å². The fourth-order valence-corrected chi connectivity index (χ4v) is 1.90. The molecule has 1 aliphatic heterocycles. The molecular formula is C9H19NO2. The first-order chi connectivity index (χ1) is 5.43. The minimum absolute atomic E-state index is 0.0174. The van der Waals surface area contributed by atoms with E-state index in [1.807, 2.05) is 14.0 Å². The van der Waals surface area contributed by atoms with E-state index in [2.05, 4.69) is 4.90 Å². The minimum Gasteiger partial charge on any atom is -0.393 e. The van der Waals surface area contributed by atoms with Gasteiger partial charge < -0.3 is 15.1 Å². The molecule has 0 radical (unpaired) electrons. The van der Waals surface area contributed by atoms with E-state index in [1.165, 1.54) is 0 Å². The number of rotatable bonds is 1. The van der Waals surface area contributed by atoms with Crippen LogP contribution in [0.3, 0.4) is 0 Å². The Kier molecular flexibility index (Phi) is 2.76. The van der Waals surface area contributed by atoms with Gasteiger partial charge in [-0.1, -0.05) is 0 Å². The van der Waals surface area contributed by atoms with Crippen LogP contribution in [0.25, 0.3) is 0 Å². The molecule has 0 spiro atoms. The molecule has 1 saturated heterocycles. The highest BCUT2D eigenvalue weighted by Crippen LogP contribution is 2.29. The molecule has 1 rings (SSSR count). The van der Waals surface area contributed by atoms with Gasteiger partial charge in [0.25, 0.3) is 0 Å². The molecule has 0 aromatic carbocycles. The SMILES string of the molecule is CC(O)C1CN(C)CCC1(C)O. The number of likely N-dealkylation sites (tertiary alicyclic amines) is 1. The van der Waals surface area contributed by atoms with E-state index >= 15 is 0 Å². The van der Waals surface area contributed by atoms with Crippen molar-refractivity contribution in [3.8, 4) is 0 Å². The van der Waals surface area contributed by atoms with Gasteiger partial charge in [0.1, 0.15) is 0 Å². The zero-order chi connectivity index (χ0) is 9.35. The Hall–Kier alpha value is -0.120. The second kappa shape index (κ2) is 3.32. The van der Waals surface area contributed by atoms with Crippen LogP contribution in [0.1, 0.15) is 20.3 Å². The van der Waals surface area contributed by atoms with Crippen LogP contribution in [0.2, 0.25) is 0 Å². The van der Waals surface area contributed by atoms with Gasteiger partial charge in [0, 0.05) is 19.0 Å². The Morgan fingerprint density at radius 3 is 2.58 bits per heavy atom. The van der Waals surface area contributed by atoms with E-state index in [-0.39, 0.29) is 5.92 Å². The van der Waals surface area contributed by atoms with Gasteiger partial charge in [-0.2, -0.15) is 0 Å². The monoisotopic (exact) mass is 173 g/mol. The first-order valence-electron chi connectivity index (χ1n) is 4.52. The Morgan fingerprint density at radius 1 is 1.58 bits per heavy atom. The number of aliphatic hydroxyl groups is 2. The maximum Gasteiger partial charge on any atom is 0.0696 e. The summed E-state index contributed by atoms with van der Waals surface area (Å²) in [7, 11) is 2.02. The molecule has 1 aliphatic rings. The fraction of sp³-hybridized carbons (Fsp3) is 1.00. The van der Waals surface area contributed by atoms with Crippen molar-refractivity contribution in [1.29, 1.82) is 0 Å². The molecule has 3 heteroatoms. The average molecular weight is 173 g/mol. The van der Waals surface area contributed by atoms with Crippen molar-refractivity contribution in [2.24, 2.45) is 5.92 Å². The summed E-state index contributed by atoms with van der Waals surface area (Å²) in [6, 6.07) is 0. The van der Waals surface area contributed by atoms with Crippen molar-refractivity contribution in [1.82, 2.24) is 4.90 Å². The van der Waals surface area contributed by atoms with Crippen molar-refractivity contribution in [3.05, 3.63) is 0 Å². The third-order valence-corrected chi connectivity index (χ3v) is 2.89. The molecular weight excluding hydrogens is 154 g/mol. The van der Waals surface area contributed by atoms with E-state index in [0.29, 0.717) is 0 Å². The van der Waals surface area contributed by atoms with Gasteiger partial charge in [-0.15, -0.1) is 0 Å². The highest BCUT2D eigenvalue weighted by atomic mass is 16.3. The number of hydrogen-bond acceptors (Lipinski definition) is 3. The molecule has 0 saturated carbocycles. The third kappa shape index (κ3) is 1.97. The largest absolute Gasteiger partial charge is 0.393 e. The van der Waals surface area contributed by atoms with Gasteiger partial charge in [0.2, 0.25) is 0 Å². The summed E-state index contributed by atoms with van der Waals surface area (Å²) in [4.78, 5) is 2.15. The molecule has 1 heterocycles. The Bertz CT molecular complexity index is 157. The lowest BCUT2D eigenvalue weighted by atomic mass is 9.79. The standard InChI is InChI=1S/C9H19NO2/c1-7(11)8-6-10(3)5-4-9(8,2)12/h7-8,11-12H,4-6H2,1-3H3. The van der Waals surface area contributed by atoms with Gasteiger partial charge in [0.05, 0.1) is 11.7 Å². The van der Waals surface area contributed by atoms with E-state index < -0.39 is 11.7 Å². The highest BCUT2D eigenvalue weighted by molar-refractivity contribution is 4.91. The summed E-state index contributed by atoms with van der Waals surface area (Å²) in [5.74, 6) is -0.0174. The van der Waals surface area contributed by atoms with Crippen LogP contribution in [0.15, 0.2) is 0 Å². The van der Waals surface area contributed by atoms with E-state index in [9.17, 15) is 10.2 Å². The Balaban J connectivity index is 2.65. The summed E-state index contributed by atoms with van der Waals surface area (Å²) >= 11 is 0. The molecule has 3 unspecified atom stereocenters. The summed E-state index contributed by atoms with van der Waals surface area (Å²) < 4.78 is 0. The van der Waals surface area contributed by atoms with Crippen LogP contribution in [-0.4, -0.2) is 47.0 Å². The highest BCUT2D eigenvalue weighted by Gasteiger charge is 2.38. The Morgan fingerprint density at radius 2 is 2.17 bits per heavy atom. The maximum atomic E-state index is 9.94. The van der Waals surface area contributed by atoms with Crippen LogP contribution in [0.4, 0.5) is 0 Å². The van der Waals surface area contributed by atoms with Crippen molar-refractivity contribution >= 4 is 0 Å². The molecule has 12 heavy (non-hydrogen) atoms. The molecule has 0 bridgehead atoms. The van der Waals surface area contributed by atoms with Crippen LogP contribution >= 0.6 is 0 Å². The summed E-state index contributed by atoms with van der Waals surface area (Å²) in [6.07, 6.45) is 0.321. The minimum atomic E-state index is -0.694. The first-order valence-corrected chi connectivity index (χ1v) is 4.52. The lowest BCUT2D eigenvalue weighted by Crippen LogP contribution is -2.52. The zero-order valence-electron chi connectivity index (χ0n) is 8.12. The number of piperidine rings is 1. The summed E-state index contributed by atoms with van der Waals surface area (Å²) in [6.45, 7) is 5.26. The third-order valence-electron chi connectivity index (χ3n) is 2.89. The van der Waals surface area contributed by atoms with Gasteiger partial charge >= 0.3 is 0 Å². The molecule has 1 fully saturated rings.